The fraction of sp³-hybridized carbons (Fsp3) is 0.423. The van der Waals surface area contributed by atoms with Gasteiger partial charge in [-0.05, 0) is 50.5 Å². The summed E-state index contributed by atoms with van der Waals surface area (Å²) in [5, 5.41) is 11.7. The molecule has 0 bridgehead atoms. The maximum Gasteiger partial charge on any atom is 0.187 e. The standard InChI is InChI=1S/C26H33N5O2S2/c1-18(2)33-25-10-9-22(35(27)32)15-23(25)28-26-29-24(17-34-26)20-5-3-19(4-6-20)16-30-11-13-31(14-12-30)21-7-8-21/h3-6,9-10,15,17-18,21H,7-8,11-14,16,27H2,1-2H3,(H,28,29). The van der Waals surface area contributed by atoms with E-state index < -0.39 is 11.0 Å². The third-order valence-electron chi connectivity index (χ3n) is 6.42. The average Bonchev–Trinajstić information content (AvgIpc) is 3.59. The first-order valence-corrected chi connectivity index (χ1v) is 14.3. The molecular weight excluding hydrogens is 478 g/mol. The molecule has 186 valence electrons. The van der Waals surface area contributed by atoms with Gasteiger partial charge < -0.3 is 10.1 Å². The van der Waals surface area contributed by atoms with Crippen molar-refractivity contribution in [3.05, 3.63) is 53.4 Å². The number of thiazole rings is 1. The van der Waals surface area contributed by atoms with Crippen LogP contribution in [-0.2, 0) is 17.5 Å². The molecule has 1 aliphatic carbocycles. The van der Waals surface area contributed by atoms with Crippen molar-refractivity contribution in [3.8, 4) is 17.0 Å². The van der Waals surface area contributed by atoms with Gasteiger partial charge in [0, 0.05) is 49.7 Å². The minimum atomic E-state index is -1.57. The first-order chi connectivity index (χ1) is 16.9. The Kier molecular flexibility index (Phi) is 7.50. The molecule has 1 aromatic heterocycles. The van der Waals surface area contributed by atoms with Gasteiger partial charge >= 0.3 is 0 Å². The monoisotopic (exact) mass is 511 g/mol. The number of hydrogen-bond donors (Lipinski definition) is 2. The lowest BCUT2D eigenvalue weighted by molar-refractivity contribution is 0.121. The molecule has 35 heavy (non-hydrogen) atoms. The summed E-state index contributed by atoms with van der Waals surface area (Å²) < 4.78 is 17.7. The minimum absolute atomic E-state index is 0.0113. The number of nitrogens with zero attached hydrogens (tertiary/aromatic N) is 3. The molecule has 7 nitrogen and oxygen atoms in total. The number of aromatic nitrogens is 1. The molecule has 3 N–H and O–H groups in total. The first-order valence-electron chi connectivity index (χ1n) is 12.2. The molecule has 2 fully saturated rings. The Bertz CT molecular complexity index is 1170. The van der Waals surface area contributed by atoms with Crippen molar-refractivity contribution in [2.24, 2.45) is 5.14 Å². The number of benzene rings is 2. The summed E-state index contributed by atoms with van der Waals surface area (Å²) in [6.45, 7) is 9.65. The van der Waals surface area contributed by atoms with E-state index >= 15 is 0 Å². The summed E-state index contributed by atoms with van der Waals surface area (Å²) in [5.74, 6) is 0.674. The van der Waals surface area contributed by atoms with Crippen molar-refractivity contribution in [1.29, 1.82) is 0 Å². The van der Waals surface area contributed by atoms with Gasteiger partial charge in [0.2, 0.25) is 0 Å². The molecule has 2 aromatic carbocycles. The molecule has 3 aromatic rings. The number of rotatable bonds is 9. The highest BCUT2D eigenvalue weighted by Gasteiger charge is 2.31. The highest BCUT2D eigenvalue weighted by atomic mass is 32.2. The topological polar surface area (TPSA) is 83.7 Å². The van der Waals surface area contributed by atoms with Gasteiger partial charge in [-0.25, -0.2) is 14.3 Å². The molecule has 9 heteroatoms. The summed E-state index contributed by atoms with van der Waals surface area (Å²) in [6.07, 6.45) is 2.80. The van der Waals surface area contributed by atoms with Crippen molar-refractivity contribution in [1.82, 2.24) is 14.8 Å². The van der Waals surface area contributed by atoms with E-state index in [1.807, 2.05) is 19.2 Å². The van der Waals surface area contributed by atoms with Crippen LogP contribution in [0.5, 0.6) is 5.75 Å². The molecule has 0 amide bonds. The average molecular weight is 512 g/mol. The van der Waals surface area contributed by atoms with Gasteiger partial charge in [-0.1, -0.05) is 24.3 Å². The summed E-state index contributed by atoms with van der Waals surface area (Å²) in [5.41, 5.74) is 4.05. The van der Waals surface area contributed by atoms with Gasteiger partial charge in [0.25, 0.3) is 0 Å². The van der Waals surface area contributed by atoms with Gasteiger partial charge in [-0.15, -0.1) is 11.3 Å². The van der Waals surface area contributed by atoms with E-state index in [2.05, 4.69) is 39.4 Å². The number of nitrogens with two attached hydrogens (primary N) is 1. The van der Waals surface area contributed by atoms with E-state index in [0.29, 0.717) is 16.3 Å². The lowest BCUT2D eigenvalue weighted by Crippen LogP contribution is -2.46. The van der Waals surface area contributed by atoms with E-state index in [4.69, 9.17) is 14.9 Å². The summed E-state index contributed by atoms with van der Waals surface area (Å²) in [7, 11) is -1.57. The molecular formula is C26H33N5O2S2. The van der Waals surface area contributed by atoms with Crippen LogP contribution in [0.15, 0.2) is 52.7 Å². The highest BCUT2D eigenvalue weighted by molar-refractivity contribution is 7.82. The Morgan fingerprint density at radius 3 is 2.54 bits per heavy atom. The molecule has 2 heterocycles. The lowest BCUT2D eigenvalue weighted by atomic mass is 10.1. The van der Waals surface area contributed by atoms with Crippen molar-refractivity contribution in [2.45, 2.75) is 50.3 Å². The number of anilines is 2. The predicted octanol–water partition coefficient (Wildman–Crippen LogP) is 4.60. The summed E-state index contributed by atoms with van der Waals surface area (Å²) in [6, 6.07) is 14.9. The van der Waals surface area contributed by atoms with Crippen LogP contribution in [0.2, 0.25) is 0 Å². The van der Waals surface area contributed by atoms with Crippen molar-refractivity contribution >= 4 is 33.1 Å². The highest BCUT2D eigenvalue weighted by Crippen LogP contribution is 2.33. The Hall–Kier alpha value is -2.30. The van der Waals surface area contributed by atoms with Crippen LogP contribution in [-0.4, -0.2) is 57.3 Å². The third kappa shape index (κ3) is 6.29. The zero-order valence-electron chi connectivity index (χ0n) is 20.3. The van der Waals surface area contributed by atoms with Gasteiger partial charge in [0.15, 0.2) is 5.13 Å². The summed E-state index contributed by atoms with van der Waals surface area (Å²) in [4.78, 5) is 10.5. The minimum Gasteiger partial charge on any atom is -0.489 e. The van der Waals surface area contributed by atoms with Crippen LogP contribution >= 0.6 is 11.3 Å². The van der Waals surface area contributed by atoms with Gasteiger partial charge in [0.1, 0.15) is 16.7 Å². The number of ether oxygens (including phenoxy) is 1. The fourth-order valence-corrected chi connectivity index (χ4v) is 5.60. The smallest absolute Gasteiger partial charge is 0.187 e. The Morgan fingerprint density at radius 2 is 1.89 bits per heavy atom. The van der Waals surface area contributed by atoms with Crippen LogP contribution in [0.4, 0.5) is 10.8 Å². The summed E-state index contributed by atoms with van der Waals surface area (Å²) >= 11 is 1.52. The Labute approximate surface area is 213 Å². The van der Waals surface area contributed by atoms with E-state index in [1.165, 1.54) is 42.8 Å². The van der Waals surface area contributed by atoms with Crippen molar-refractivity contribution in [3.63, 3.8) is 0 Å². The van der Waals surface area contributed by atoms with Crippen LogP contribution in [0.1, 0.15) is 32.3 Å². The SMILES string of the molecule is CC(C)Oc1ccc(S(N)=O)cc1Nc1nc(-c2ccc(CN3CCN(C4CC4)CC3)cc2)cs1. The number of nitrogens with one attached hydrogen (secondary N) is 1. The predicted molar refractivity (Wildman–Crippen MR) is 144 cm³/mol. The molecule has 1 unspecified atom stereocenters. The quantitative estimate of drug-likeness (QED) is 0.437. The fourth-order valence-electron chi connectivity index (χ4n) is 4.43. The second kappa shape index (κ2) is 10.8. The van der Waals surface area contributed by atoms with E-state index in [0.717, 1.165) is 42.1 Å². The van der Waals surface area contributed by atoms with Crippen LogP contribution < -0.4 is 15.2 Å². The maximum absolute atomic E-state index is 11.8. The first kappa shape index (κ1) is 24.4. The molecule has 5 rings (SSSR count). The number of hydrogen-bond acceptors (Lipinski definition) is 7. The zero-order valence-corrected chi connectivity index (χ0v) is 21.9. The Balaban J connectivity index is 1.23. The number of piperazine rings is 1. The lowest BCUT2D eigenvalue weighted by Gasteiger charge is -2.34. The van der Waals surface area contributed by atoms with E-state index in [1.54, 1.807) is 18.2 Å². The molecule has 1 saturated carbocycles. The molecule has 1 saturated heterocycles. The molecule has 0 spiro atoms. The van der Waals surface area contributed by atoms with Crippen LogP contribution in [0, 0.1) is 0 Å². The normalized spacial score (nSPS) is 18.1. The largest absolute Gasteiger partial charge is 0.489 e. The zero-order chi connectivity index (χ0) is 24.4. The molecule has 2 aliphatic rings. The molecule has 1 atom stereocenters. The second-order valence-corrected chi connectivity index (χ2v) is 11.4. The van der Waals surface area contributed by atoms with Gasteiger partial charge in [-0.3, -0.25) is 9.80 Å². The van der Waals surface area contributed by atoms with Gasteiger partial charge in [-0.2, -0.15) is 0 Å². The van der Waals surface area contributed by atoms with Crippen LogP contribution in [0.3, 0.4) is 0 Å². The molecule has 0 radical (unpaired) electrons. The van der Waals surface area contributed by atoms with Gasteiger partial charge in [0.05, 0.1) is 22.4 Å². The van der Waals surface area contributed by atoms with E-state index in [9.17, 15) is 4.21 Å². The Morgan fingerprint density at radius 1 is 1.14 bits per heavy atom. The third-order valence-corrected chi connectivity index (χ3v) is 7.89. The second-order valence-electron chi connectivity index (χ2n) is 9.53. The maximum atomic E-state index is 11.8. The van der Waals surface area contributed by atoms with Crippen LogP contribution in [0.25, 0.3) is 11.3 Å². The van der Waals surface area contributed by atoms with Crippen molar-refractivity contribution < 1.29 is 8.95 Å². The molecule has 1 aliphatic heterocycles. The van der Waals surface area contributed by atoms with E-state index in [-0.39, 0.29) is 6.10 Å². The van der Waals surface area contributed by atoms with Crippen molar-refractivity contribution in [2.75, 3.05) is 31.5 Å².